The Hall–Kier alpha value is -2.49. The van der Waals surface area contributed by atoms with Gasteiger partial charge in [-0.3, -0.25) is 20.2 Å². The number of nitro groups is 1. The number of thioether (sulfide) groups is 1. The van der Waals surface area contributed by atoms with Crippen LogP contribution in [0.2, 0.25) is 5.02 Å². The van der Waals surface area contributed by atoms with Gasteiger partial charge >= 0.3 is 0 Å². The molecule has 10 heteroatoms. The van der Waals surface area contributed by atoms with E-state index in [9.17, 15) is 14.9 Å². The number of carbonyl (C=O) groups is 1. The van der Waals surface area contributed by atoms with Crippen LogP contribution < -0.4 is 5.32 Å². The minimum Gasteiger partial charge on any atom is -0.300 e. The molecule has 1 unspecified atom stereocenters. The Morgan fingerprint density at radius 3 is 2.70 bits per heavy atom. The topological polar surface area (TPSA) is 98.0 Å². The average molecular weight is 421 g/mol. The molecular weight excluding hydrogens is 408 g/mol. The molecule has 0 fully saturated rings. The summed E-state index contributed by atoms with van der Waals surface area (Å²) in [5.74, 6) is -0.211. The van der Waals surface area contributed by atoms with Crippen molar-refractivity contribution in [3.05, 3.63) is 63.7 Å². The van der Waals surface area contributed by atoms with Crippen molar-refractivity contribution in [3.63, 3.8) is 0 Å². The van der Waals surface area contributed by atoms with Gasteiger partial charge in [-0.1, -0.05) is 35.1 Å². The first-order chi connectivity index (χ1) is 12.9. The molecule has 2 aromatic carbocycles. The van der Waals surface area contributed by atoms with E-state index in [4.69, 9.17) is 11.6 Å². The molecule has 0 spiro atoms. The van der Waals surface area contributed by atoms with Crippen LogP contribution in [0, 0.1) is 10.1 Å². The van der Waals surface area contributed by atoms with Gasteiger partial charge in [0.25, 0.3) is 5.69 Å². The highest BCUT2D eigenvalue weighted by Crippen LogP contribution is 2.30. The average Bonchev–Trinajstić information content (AvgIpc) is 3.12. The van der Waals surface area contributed by atoms with E-state index in [1.165, 1.54) is 23.9 Å². The van der Waals surface area contributed by atoms with Crippen molar-refractivity contribution < 1.29 is 9.72 Å². The summed E-state index contributed by atoms with van der Waals surface area (Å²) in [7, 11) is 0. The molecule has 1 atom stereocenters. The SMILES string of the molecule is CC(Sc1ccc(Cl)cc1)C(=O)Nc1nnc(-c2cccc([N+](=O)[O-])c2)s1. The minimum absolute atomic E-state index is 0.0266. The zero-order valence-electron chi connectivity index (χ0n) is 14.0. The smallest absolute Gasteiger partial charge is 0.270 e. The third kappa shape index (κ3) is 5.03. The highest BCUT2D eigenvalue weighted by atomic mass is 35.5. The van der Waals surface area contributed by atoms with Crippen molar-refractivity contribution >= 4 is 51.4 Å². The fourth-order valence-electron chi connectivity index (χ4n) is 2.12. The lowest BCUT2D eigenvalue weighted by atomic mass is 10.2. The Bertz CT molecular complexity index is 978. The number of non-ortho nitro benzene ring substituents is 1. The second-order valence-corrected chi connectivity index (χ2v) is 8.25. The number of rotatable bonds is 6. The van der Waals surface area contributed by atoms with Crippen molar-refractivity contribution in [3.8, 4) is 10.6 Å². The molecule has 0 radical (unpaired) electrons. The van der Waals surface area contributed by atoms with Gasteiger partial charge in [0.2, 0.25) is 11.0 Å². The maximum absolute atomic E-state index is 12.4. The second kappa shape index (κ2) is 8.47. The minimum atomic E-state index is -0.469. The summed E-state index contributed by atoms with van der Waals surface area (Å²) in [6.45, 7) is 1.79. The van der Waals surface area contributed by atoms with Gasteiger partial charge in [-0.2, -0.15) is 0 Å². The van der Waals surface area contributed by atoms with Gasteiger partial charge in [-0.15, -0.1) is 22.0 Å². The van der Waals surface area contributed by atoms with Crippen LogP contribution in [-0.4, -0.2) is 26.3 Å². The quantitative estimate of drug-likeness (QED) is 0.346. The van der Waals surface area contributed by atoms with Crippen molar-refractivity contribution in [2.45, 2.75) is 17.1 Å². The maximum Gasteiger partial charge on any atom is 0.270 e. The van der Waals surface area contributed by atoms with E-state index >= 15 is 0 Å². The molecule has 3 rings (SSSR count). The van der Waals surface area contributed by atoms with E-state index in [1.807, 2.05) is 12.1 Å². The monoisotopic (exact) mass is 420 g/mol. The molecule has 3 aromatic rings. The molecule has 1 amide bonds. The van der Waals surface area contributed by atoms with E-state index in [-0.39, 0.29) is 16.8 Å². The van der Waals surface area contributed by atoms with E-state index < -0.39 is 4.92 Å². The van der Waals surface area contributed by atoms with Gasteiger partial charge in [0.1, 0.15) is 5.01 Å². The van der Waals surface area contributed by atoms with Gasteiger partial charge in [-0.05, 0) is 31.2 Å². The molecule has 1 N–H and O–H groups in total. The summed E-state index contributed by atoms with van der Waals surface area (Å²) >= 11 is 8.41. The maximum atomic E-state index is 12.4. The number of hydrogen-bond acceptors (Lipinski definition) is 7. The Morgan fingerprint density at radius 1 is 1.26 bits per heavy atom. The largest absolute Gasteiger partial charge is 0.300 e. The standard InChI is InChI=1S/C17H13ClN4O3S2/c1-10(26-14-7-5-12(18)6-8-14)15(23)19-17-21-20-16(27-17)11-3-2-4-13(9-11)22(24)25/h2-10H,1H3,(H,19,21,23). The number of hydrogen-bond donors (Lipinski definition) is 1. The Balaban J connectivity index is 1.66. The zero-order valence-corrected chi connectivity index (χ0v) is 16.3. The third-order valence-corrected chi connectivity index (χ3v) is 5.71. The van der Waals surface area contributed by atoms with Crippen molar-refractivity contribution in [1.82, 2.24) is 10.2 Å². The molecule has 27 heavy (non-hydrogen) atoms. The fraction of sp³-hybridized carbons (Fsp3) is 0.118. The van der Waals surface area contributed by atoms with E-state index in [2.05, 4.69) is 15.5 Å². The number of halogens is 1. The van der Waals surface area contributed by atoms with Crippen LogP contribution in [-0.2, 0) is 4.79 Å². The van der Waals surface area contributed by atoms with Crippen LogP contribution in [0.1, 0.15) is 6.92 Å². The molecule has 1 aromatic heterocycles. The van der Waals surface area contributed by atoms with E-state index in [1.54, 1.807) is 31.2 Å². The van der Waals surface area contributed by atoms with E-state index in [0.717, 1.165) is 16.2 Å². The molecule has 0 aliphatic carbocycles. The number of nitro benzene ring substituents is 1. The Morgan fingerprint density at radius 2 is 2.00 bits per heavy atom. The summed E-state index contributed by atoms with van der Waals surface area (Å²) < 4.78 is 0. The normalized spacial score (nSPS) is 11.8. The lowest BCUT2D eigenvalue weighted by Crippen LogP contribution is -2.22. The summed E-state index contributed by atoms with van der Waals surface area (Å²) in [4.78, 5) is 23.7. The lowest BCUT2D eigenvalue weighted by molar-refractivity contribution is -0.384. The van der Waals surface area contributed by atoms with Gasteiger partial charge < -0.3 is 0 Å². The first kappa shape index (κ1) is 19.3. The number of nitrogens with zero attached hydrogens (tertiary/aromatic N) is 3. The summed E-state index contributed by atoms with van der Waals surface area (Å²) in [6.07, 6.45) is 0. The predicted octanol–water partition coefficient (Wildman–Crippen LogP) is 4.89. The van der Waals surface area contributed by atoms with Crippen LogP contribution in [0.5, 0.6) is 0 Å². The fourth-order valence-corrected chi connectivity index (χ4v) is 3.86. The summed E-state index contributed by atoms with van der Waals surface area (Å²) in [5, 5.41) is 22.7. The molecule has 138 valence electrons. The number of anilines is 1. The summed E-state index contributed by atoms with van der Waals surface area (Å²) in [6, 6.07) is 13.4. The molecular formula is C17H13ClN4O3S2. The number of carbonyl (C=O) groups excluding carboxylic acids is 1. The Labute approximate surface area is 167 Å². The van der Waals surface area contributed by atoms with Crippen molar-refractivity contribution in [1.29, 1.82) is 0 Å². The van der Waals surface area contributed by atoms with Crippen LogP contribution in [0.3, 0.4) is 0 Å². The first-order valence-electron chi connectivity index (χ1n) is 7.74. The Kier molecular flexibility index (Phi) is 6.04. The predicted molar refractivity (Wildman–Crippen MR) is 107 cm³/mol. The van der Waals surface area contributed by atoms with Gasteiger partial charge in [0, 0.05) is 27.6 Å². The highest BCUT2D eigenvalue weighted by Gasteiger charge is 2.17. The molecule has 0 aliphatic rings. The molecule has 0 saturated heterocycles. The van der Waals surface area contributed by atoms with Crippen molar-refractivity contribution in [2.75, 3.05) is 5.32 Å². The molecule has 0 aliphatic heterocycles. The molecule has 7 nitrogen and oxygen atoms in total. The molecule has 0 bridgehead atoms. The van der Waals surface area contributed by atoms with Crippen LogP contribution >= 0.6 is 34.7 Å². The first-order valence-corrected chi connectivity index (χ1v) is 9.81. The molecule has 1 heterocycles. The van der Waals surface area contributed by atoms with Crippen molar-refractivity contribution in [2.24, 2.45) is 0 Å². The lowest BCUT2D eigenvalue weighted by Gasteiger charge is -2.10. The van der Waals surface area contributed by atoms with Gasteiger partial charge in [0.15, 0.2) is 0 Å². The van der Waals surface area contributed by atoms with Gasteiger partial charge in [0.05, 0.1) is 10.2 Å². The number of aromatic nitrogens is 2. The van der Waals surface area contributed by atoms with Crippen LogP contribution in [0.15, 0.2) is 53.4 Å². The number of nitrogens with one attached hydrogen (secondary N) is 1. The van der Waals surface area contributed by atoms with Crippen LogP contribution in [0.4, 0.5) is 10.8 Å². The number of benzene rings is 2. The number of amides is 1. The second-order valence-electron chi connectivity index (χ2n) is 5.42. The van der Waals surface area contributed by atoms with Crippen LogP contribution in [0.25, 0.3) is 10.6 Å². The van der Waals surface area contributed by atoms with E-state index in [0.29, 0.717) is 20.7 Å². The molecule has 0 saturated carbocycles. The third-order valence-electron chi connectivity index (χ3n) is 3.45. The van der Waals surface area contributed by atoms with Gasteiger partial charge in [-0.25, -0.2) is 0 Å². The summed E-state index contributed by atoms with van der Waals surface area (Å²) in [5.41, 5.74) is 0.548. The highest BCUT2D eigenvalue weighted by molar-refractivity contribution is 8.00. The zero-order chi connectivity index (χ0) is 19.4.